The van der Waals surface area contributed by atoms with Crippen molar-refractivity contribution < 1.29 is 19.1 Å². The molecular weight excluding hydrogens is 210 g/mol. The topological polar surface area (TPSA) is 65.5 Å². The van der Waals surface area contributed by atoms with Crippen molar-refractivity contribution in [3.05, 3.63) is 29.6 Å². The molecule has 0 aliphatic heterocycles. The molecule has 0 aliphatic carbocycles. The number of rotatable bonds is 4. The van der Waals surface area contributed by atoms with Crippen LogP contribution >= 0.6 is 0 Å². The van der Waals surface area contributed by atoms with Gasteiger partial charge in [-0.1, -0.05) is 0 Å². The maximum absolute atomic E-state index is 11.4. The third kappa shape index (κ3) is 3.05. The zero-order chi connectivity index (χ0) is 12.0. The number of hydrogen-bond donors (Lipinski definition) is 0. The molecule has 0 spiro atoms. The molecule has 1 aromatic heterocycles. The average Bonchev–Trinajstić information content (AvgIpc) is 2.35. The van der Waals surface area contributed by atoms with Crippen LogP contribution in [0.15, 0.2) is 18.5 Å². The second-order valence-corrected chi connectivity index (χ2v) is 3.10. The lowest BCUT2D eigenvalue weighted by molar-refractivity contribution is -0.140. The van der Waals surface area contributed by atoms with E-state index in [2.05, 4.69) is 14.5 Å². The molecule has 0 N–H and O–H groups in total. The SMILES string of the molecule is COC(=O)CCc1ccncc1C(=O)OC. The van der Waals surface area contributed by atoms with Gasteiger partial charge in [-0.3, -0.25) is 9.78 Å². The van der Waals surface area contributed by atoms with E-state index in [4.69, 9.17) is 0 Å². The van der Waals surface area contributed by atoms with Crippen LogP contribution in [0.1, 0.15) is 22.3 Å². The Kier molecular flexibility index (Phi) is 4.44. The summed E-state index contributed by atoms with van der Waals surface area (Å²) >= 11 is 0. The Balaban J connectivity index is 2.79. The summed E-state index contributed by atoms with van der Waals surface area (Å²) in [6.45, 7) is 0. The number of carbonyl (C=O) groups excluding carboxylic acids is 2. The van der Waals surface area contributed by atoms with Gasteiger partial charge in [0, 0.05) is 18.8 Å². The van der Waals surface area contributed by atoms with Crippen LogP contribution in [0.3, 0.4) is 0 Å². The van der Waals surface area contributed by atoms with E-state index in [9.17, 15) is 9.59 Å². The van der Waals surface area contributed by atoms with Crippen LogP contribution in [0, 0.1) is 0 Å². The minimum Gasteiger partial charge on any atom is -0.469 e. The van der Waals surface area contributed by atoms with Crippen LogP contribution in [-0.4, -0.2) is 31.1 Å². The summed E-state index contributed by atoms with van der Waals surface area (Å²) < 4.78 is 9.14. The van der Waals surface area contributed by atoms with E-state index in [0.717, 1.165) is 5.56 Å². The lowest BCUT2D eigenvalue weighted by Gasteiger charge is -2.06. The molecule has 0 aliphatic rings. The number of pyridine rings is 1. The van der Waals surface area contributed by atoms with E-state index in [1.807, 2.05) is 0 Å². The first-order valence-electron chi connectivity index (χ1n) is 4.77. The quantitative estimate of drug-likeness (QED) is 0.712. The van der Waals surface area contributed by atoms with E-state index < -0.39 is 5.97 Å². The van der Waals surface area contributed by atoms with Gasteiger partial charge in [0.1, 0.15) is 0 Å². The average molecular weight is 223 g/mol. The van der Waals surface area contributed by atoms with Crippen LogP contribution in [-0.2, 0) is 20.7 Å². The monoisotopic (exact) mass is 223 g/mol. The highest BCUT2D eigenvalue weighted by atomic mass is 16.5. The van der Waals surface area contributed by atoms with Crippen molar-refractivity contribution in [1.82, 2.24) is 4.98 Å². The molecule has 5 nitrogen and oxygen atoms in total. The molecule has 0 unspecified atom stereocenters. The normalized spacial score (nSPS) is 9.62. The zero-order valence-electron chi connectivity index (χ0n) is 9.23. The first kappa shape index (κ1) is 12.2. The summed E-state index contributed by atoms with van der Waals surface area (Å²) in [4.78, 5) is 26.2. The lowest BCUT2D eigenvalue weighted by atomic mass is 10.1. The highest BCUT2D eigenvalue weighted by Gasteiger charge is 2.12. The summed E-state index contributed by atoms with van der Waals surface area (Å²) in [7, 11) is 2.63. The van der Waals surface area contributed by atoms with Crippen molar-refractivity contribution in [2.45, 2.75) is 12.8 Å². The maximum atomic E-state index is 11.4. The molecule has 0 atom stereocenters. The van der Waals surface area contributed by atoms with Gasteiger partial charge in [0.25, 0.3) is 0 Å². The first-order valence-corrected chi connectivity index (χ1v) is 4.77. The van der Waals surface area contributed by atoms with Gasteiger partial charge in [0.05, 0.1) is 19.8 Å². The van der Waals surface area contributed by atoms with E-state index >= 15 is 0 Å². The van der Waals surface area contributed by atoms with Crippen LogP contribution < -0.4 is 0 Å². The summed E-state index contributed by atoms with van der Waals surface area (Å²) in [5.74, 6) is -0.763. The highest BCUT2D eigenvalue weighted by molar-refractivity contribution is 5.90. The predicted octanol–water partition coefficient (Wildman–Crippen LogP) is 0.974. The standard InChI is InChI=1S/C11H13NO4/c1-15-10(13)4-3-8-5-6-12-7-9(8)11(14)16-2/h5-7H,3-4H2,1-2H3. The molecule has 0 radical (unpaired) electrons. The second kappa shape index (κ2) is 5.85. The molecule has 0 saturated carbocycles. The van der Waals surface area contributed by atoms with Crippen molar-refractivity contribution in [3.63, 3.8) is 0 Å². The van der Waals surface area contributed by atoms with E-state index in [0.29, 0.717) is 12.0 Å². The number of nitrogens with zero attached hydrogens (tertiary/aromatic N) is 1. The fourth-order valence-electron chi connectivity index (χ4n) is 1.27. The molecule has 1 aromatic rings. The Bertz CT molecular complexity index is 389. The largest absolute Gasteiger partial charge is 0.469 e. The molecule has 86 valence electrons. The number of ether oxygens (including phenoxy) is 2. The Hall–Kier alpha value is -1.91. The minimum absolute atomic E-state index is 0.227. The molecule has 0 fully saturated rings. The molecule has 16 heavy (non-hydrogen) atoms. The summed E-state index contributed by atoms with van der Waals surface area (Å²) in [5.41, 5.74) is 1.11. The van der Waals surface area contributed by atoms with Gasteiger partial charge >= 0.3 is 11.9 Å². The lowest BCUT2D eigenvalue weighted by Crippen LogP contribution is -2.08. The number of aromatic nitrogens is 1. The van der Waals surface area contributed by atoms with Crippen LogP contribution in [0.2, 0.25) is 0 Å². The Morgan fingerprint density at radius 2 is 2.06 bits per heavy atom. The van der Waals surface area contributed by atoms with Gasteiger partial charge in [0.15, 0.2) is 0 Å². The van der Waals surface area contributed by atoms with Crippen LogP contribution in [0.5, 0.6) is 0 Å². The van der Waals surface area contributed by atoms with Gasteiger partial charge in [-0.15, -0.1) is 0 Å². The van der Waals surface area contributed by atoms with E-state index in [-0.39, 0.29) is 12.4 Å². The van der Waals surface area contributed by atoms with E-state index in [1.54, 1.807) is 12.3 Å². The van der Waals surface area contributed by atoms with Crippen LogP contribution in [0.25, 0.3) is 0 Å². The number of hydrogen-bond acceptors (Lipinski definition) is 5. The van der Waals surface area contributed by atoms with Gasteiger partial charge in [0.2, 0.25) is 0 Å². The first-order chi connectivity index (χ1) is 7.69. The second-order valence-electron chi connectivity index (χ2n) is 3.10. The maximum Gasteiger partial charge on any atom is 0.339 e. The van der Waals surface area contributed by atoms with Gasteiger partial charge < -0.3 is 9.47 Å². The van der Waals surface area contributed by atoms with Crippen molar-refractivity contribution in [3.8, 4) is 0 Å². The molecule has 5 heteroatoms. The summed E-state index contributed by atoms with van der Waals surface area (Å²) in [6, 6.07) is 1.69. The molecule has 1 rings (SSSR count). The summed E-state index contributed by atoms with van der Waals surface area (Å²) in [5, 5.41) is 0. The van der Waals surface area contributed by atoms with E-state index in [1.165, 1.54) is 20.4 Å². The molecule has 0 bridgehead atoms. The molecule has 0 saturated heterocycles. The fraction of sp³-hybridized carbons (Fsp3) is 0.364. The predicted molar refractivity (Wildman–Crippen MR) is 55.9 cm³/mol. The molecular formula is C11H13NO4. The molecule has 0 amide bonds. The Labute approximate surface area is 93.4 Å². The van der Waals surface area contributed by atoms with Gasteiger partial charge in [-0.05, 0) is 18.1 Å². The zero-order valence-corrected chi connectivity index (χ0v) is 9.23. The number of aryl methyl sites for hydroxylation is 1. The van der Waals surface area contributed by atoms with Gasteiger partial charge in [-0.25, -0.2) is 4.79 Å². The number of carbonyl (C=O) groups is 2. The van der Waals surface area contributed by atoms with Crippen molar-refractivity contribution >= 4 is 11.9 Å². The van der Waals surface area contributed by atoms with Crippen molar-refractivity contribution in [2.24, 2.45) is 0 Å². The number of methoxy groups -OCH3 is 2. The van der Waals surface area contributed by atoms with Gasteiger partial charge in [-0.2, -0.15) is 0 Å². The van der Waals surface area contributed by atoms with Crippen molar-refractivity contribution in [1.29, 1.82) is 0 Å². The smallest absolute Gasteiger partial charge is 0.339 e. The fourth-order valence-corrected chi connectivity index (χ4v) is 1.27. The molecule has 0 aromatic carbocycles. The Morgan fingerprint density at radius 3 is 2.69 bits per heavy atom. The third-order valence-corrected chi connectivity index (χ3v) is 2.14. The number of esters is 2. The Morgan fingerprint density at radius 1 is 1.31 bits per heavy atom. The third-order valence-electron chi connectivity index (χ3n) is 2.14. The minimum atomic E-state index is -0.451. The van der Waals surface area contributed by atoms with Crippen molar-refractivity contribution in [2.75, 3.05) is 14.2 Å². The highest BCUT2D eigenvalue weighted by Crippen LogP contribution is 2.11. The summed E-state index contributed by atoms with van der Waals surface area (Å²) in [6.07, 6.45) is 3.65. The van der Waals surface area contributed by atoms with Crippen LogP contribution in [0.4, 0.5) is 0 Å². The molecule has 1 heterocycles.